The molecule has 100 valence electrons. The van der Waals surface area contributed by atoms with Crippen LogP contribution in [-0.4, -0.2) is 22.9 Å². The van der Waals surface area contributed by atoms with E-state index in [9.17, 15) is 0 Å². The zero-order valence-electron chi connectivity index (χ0n) is 11.1. The lowest BCUT2D eigenvalue weighted by atomic mass is 9.71. The molecule has 2 aromatic rings. The fourth-order valence-electron chi connectivity index (χ4n) is 2.83. The topological polar surface area (TPSA) is 29.9 Å². The van der Waals surface area contributed by atoms with Gasteiger partial charge in [-0.1, -0.05) is 29.8 Å². The van der Waals surface area contributed by atoms with Crippen molar-refractivity contribution in [2.45, 2.75) is 18.3 Å². The summed E-state index contributed by atoms with van der Waals surface area (Å²) in [6, 6.07) is 10.3. The SMILES string of the molecule is Cn1nccc1CCC1(c2ccccc2Cl)CNC1. The molecule has 0 saturated carbocycles. The Labute approximate surface area is 118 Å². The Morgan fingerprint density at radius 2 is 2.11 bits per heavy atom. The van der Waals surface area contributed by atoms with Gasteiger partial charge in [-0.2, -0.15) is 5.10 Å². The maximum Gasteiger partial charge on any atom is 0.0492 e. The summed E-state index contributed by atoms with van der Waals surface area (Å²) >= 11 is 6.37. The van der Waals surface area contributed by atoms with Crippen molar-refractivity contribution in [2.75, 3.05) is 13.1 Å². The minimum Gasteiger partial charge on any atom is -0.315 e. The lowest BCUT2D eigenvalue weighted by Gasteiger charge is -2.44. The summed E-state index contributed by atoms with van der Waals surface area (Å²) in [6.45, 7) is 2.02. The minimum absolute atomic E-state index is 0.183. The Morgan fingerprint density at radius 3 is 2.68 bits per heavy atom. The highest BCUT2D eigenvalue weighted by Crippen LogP contribution is 2.37. The van der Waals surface area contributed by atoms with Crippen molar-refractivity contribution >= 4 is 11.6 Å². The number of aromatic nitrogens is 2. The molecule has 0 spiro atoms. The predicted octanol–water partition coefficient (Wildman–Crippen LogP) is 2.55. The van der Waals surface area contributed by atoms with Crippen molar-refractivity contribution in [3.63, 3.8) is 0 Å². The summed E-state index contributed by atoms with van der Waals surface area (Å²) in [5, 5.41) is 8.50. The van der Waals surface area contributed by atoms with Crippen LogP contribution in [0.15, 0.2) is 36.5 Å². The number of nitrogens with one attached hydrogen (secondary N) is 1. The van der Waals surface area contributed by atoms with Crippen molar-refractivity contribution in [2.24, 2.45) is 7.05 Å². The van der Waals surface area contributed by atoms with Gasteiger partial charge in [0.1, 0.15) is 0 Å². The van der Waals surface area contributed by atoms with Crippen LogP contribution in [0.2, 0.25) is 5.02 Å². The van der Waals surface area contributed by atoms with E-state index in [0.29, 0.717) is 0 Å². The van der Waals surface area contributed by atoms with Gasteiger partial charge in [-0.05, 0) is 30.5 Å². The minimum atomic E-state index is 0.183. The third-order valence-electron chi connectivity index (χ3n) is 4.15. The summed E-state index contributed by atoms with van der Waals surface area (Å²) in [6.07, 6.45) is 3.99. The van der Waals surface area contributed by atoms with Crippen LogP contribution in [0.3, 0.4) is 0 Å². The first-order valence-corrected chi connectivity index (χ1v) is 7.02. The van der Waals surface area contributed by atoms with E-state index in [-0.39, 0.29) is 5.41 Å². The van der Waals surface area contributed by atoms with E-state index in [1.165, 1.54) is 11.3 Å². The van der Waals surface area contributed by atoms with E-state index < -0.39 is 0 Å². The number of halogens is 1. The maximum absolute atomic E-state index is 6.37. The molecule has 0 aliphatic carbocycles. The zero-order valence-corrected chi connectivity index (χ0v) is 11.8. The molecule has 19 heavy (non-hydrogen) atoms. The second kappa shape index (κ2) is 4.99. The maximum atomic E-state index is 6.37. The second-order valence-electron chi connectivity index (χ2n) is 5.31. The summed E-state index contributed by atoms with van der Waals surface area (Å²) in [4.78, 5) is 0. The van der Waals surface area contributed by atoms with Gasteiger partial charge < -0.3 is 5.32 Å². The largest absolute Gasteiger partial charge is 0.315 e. The molecule has 1 N–H and O–H groups in total. The Balaban J connectivity index is 1.81. The molecule has 1 aliphatic rings. The van der Waals surface area contributed by atoms with Crippen molar-refractivity contribution < 1.29 is 0 Å². The Hall–Kier alpha value is -1.32. The molecule has 3 rings (SSSR count). The molecular formula is C15H18ClN3. The standard InChI is InChI=1S/C15H18ClN3/c1-19-12(7-9-18-19)6-8-15(10-17-11-15)13-4-2-3-5-14(13)16/h2-5,7,9,17H,6,8,10-11H2,1H3. The van der Waals surface area contributed by atoms with E-state index >= 15 is 0 Å². The first-order chi connectivity index (χ1) is 9.21. The van der Waals surface area contributed by atoms with E-state index in [0.717, 1.165) is 31.0 Å². The molecular weight excluding hydrogens is 258 g/mol. The third-order valence-corrected chi connectivity index (χ3v) is 4.48. The molecule has 0 atom stereocenters. The van der Waals surface area contributed by atoms with E-state index in [1.807, 2.05) is 30.1 Å². The lowest BCUT2D eigenvalue weighted by Crippen LogP contribution is -2.57. The van der Waals surface area contributed by atoms with Crippen LogP contribution in [0, 0.1) is 0 Å². The van der Waals surface area contributed by atoms with Gasteiger partial charge in [0.25, 0.3) is 0 Å². The average Bonchev–Trinajstić information content (AvgIpc) is 2.76. The molecule has 1 saturated heterocycles. The zero-order chi connectivity index (χ0) is 13.3. The molecule has 1 aromatic heterocycles. The van der Waals surface area contributed by atoms with Crippen LogP contribution in [0.25, 0.3) is 0 Å². The number of hydrogen-bond acceptors (Lipinski definition) is 2. The molecule has 0 radical (unpaired) electrons. The third kappa shape index (κ3) is 2.28. The Morgan fingerprint density at radius 1 is 1.32 bits per heavy atom. The van der Waals surface area contributed by atoms with Crippen molar-refractivity contribution in [3.05, 3.63) is 52.8 Å². The second-order valence-corrected chi connectivity index (χ2v) is 5.72. The fourth-order valence-corrected chi connectivity index (χ4v) is 3.17. The Kier molecular flexibility index (Phi) is 3.33. The van der Waals surface area contributed by atoms with Gasteiger partial charge >= 0.3 is 0 Å². The predicted molar refractivity (Wildman–Crippen MR) is 77.5 cm³/mol. The number of hydrogen-bond donors (Lipinski definition) is 1. The van der Waals surface area contributed by atoms with E-state index in [2.05, 4.69) is 28.6 Å². The molecule has 4 heteroatoms. The van der Waals surface area contributed by atoms with Crippen LogP contribution in [0.1, 0.15) is 17.7 Å². The number of aryl methyl sites for hydroxylation is 2. The highest BCUT2D eigenvalue weighted by Gasteiger charge is 2.39. The molecule has 0 unspecified atom stereocenters. The highest BCUT2D eigenvalue weighted by molar-refractivity contribution is 6.31. The van der Waals surface area contributed by atoms with Crippen LogP contribution in [0.4, 0.5) is 0 Å². The van der Waals surface area contributed by atoms with Gasteiger partial charge in [0.2, 0.25) is 0 Å². The van der Waals surface area contributed by atoms with E-state index in [1.54, 1.807) is 0 Å². The van der Waals surface area contributed by atoms with Crippen LogP contribution >= 0.6 is 11.6 Å². The summed E-state index contributed by atoms with van der Waals surface area (Å²) in [5.41, 5.74) is 2.73. The summed E-state index contributed by atoms with van der Waals surface area (Å²) < 4.78 is 1.95. The van der Waals surface area contributed by atoms with Gasteiger partial charge in [0.05, 0.1) is 0 Å². The van der Waals surface area contributed by atoms with Crippen molar-refractivity contribution in [3.8, 4) is 0 Å². The first kappa shape index (κ1) is 12.7. The van der Waals surface area contributed by atoms with E-state index in [4.69, 9.17) is 11.6 Å². The summed E-state index contributed by atoms with van der Waals surface area (Å²) in [7, 11) is 2.00. The molecule has 1 fully saturated rings. The molecule has 2 heterocycles. The highest BCUT2D eigenvalue weighted by atomic mass is 35.5. The van der Waals surface area contributed by atoms with Gasteiger partial charge in [-0.3, -0.25) is 4.68 Å². The van der Waals surface area contributed by atoms with Gasteiger partial charge in [0.15, 0.2) is 0 Å². The van der Waals surface area contributed by atoms with Gasteiger partial charge in [-0.15, -0.1) is 0 Å². The molecule has 1 aromatic carbocycles. The number of benzene rings is 1. The smallest absolute Gasteiger partial charge is 0.0492 e. The number of nitrogens with zero attached hydrogens (tertiary/aromatic N) is 2. The molecule has 0 bridgehead atoms. The van der Waals surface area contributed by atoms with Crippen LogP contribution in [-0.2, 0) is 18.9 Å². The lowest BCUT2D eigenvalue weighted by molar-refractivity contribution is 0.256. The molecule has 3 nitrogen and oxygen atoms in total. The normalized spacial score (nSPS) is 17.2. The summed E-state index contributed by atoms with van der Waals surface area (Å²) in [5.74, 6) is 0. The molecule has 0 amide bonds. The first-order valence-electron chi connectivity index (χ1n) is 6.64. The number of rotatable bonds is 4. The van der Waals surface area contributed by atoms with Crippen molar-refractivity contribution in [1.29, 1.82) is 0 Å². The van der Waals surface area contributed by atoms with Crippen molar-refractivity contribution in [1.82, 2.24) is 15.1 Å². The fraction of sp³-hybridized carbons (Fsp3) is 0.400. The van der Waals surface area contributed by atoms with Gasteiger partial charge in [0, 0.05) is 42.5 Å². The van der Waals surface area contributed by atoms with Crippen LogP contribution < -0.4 is 5.32 Å². The van der Waals surface area contributed by atoms with Gasteiger partial charge in [-0.25, -0.2) is 0 Å². The van der Waals surface area contributed by atoms with Crippen LogP contribution in [0.5, 0.6) is 0 Å². The quantitative estimate of drug-likeness (QED) is 0.929. The Bertz CT molecular complexity index is 572. The molecule has 1 aliphatic heterocycles. The monoisotopic (exact) mass is 275 g/mol. The average molecular weight is 276 g/mol.